The van der Waals surface area contributed by atoms with Crippen LogP contribution in [-0.4, -0.2) is 26.3 Å². The Morgan fingerprint density at radius 2 is 1.88 bits per heavy atom. The Balaban J connectivity index is 3.11. The van der Waals surface area contributed by atoms with E-state index in [9.17, 15) is 0 Å². The van der Waals surface area contributed by atoms with Crippen molar-refractivity contribution in [2.75, 3.05) is 0 Å². The molecule has 0 rings (SSSR count). The summed E-state index contributed by atoms with van der Waals surface area (Å²) in [6.45, 7) is 7.30. The third-order valence-corrected chi connectivity index (χ3v) is 5.92. The number of rotatable bonds is 3. The van der Waals surface area contributed by atoms with Crippen molar-refractivity contribution >= 4 is 39.2 Å². The smallest absolute Gasteiger partial charge is 0.307 e. The molecule has 0 radical (unpaired) electrons. The van der Waals surface area contributed by atoms with E-state index >= 15 is 0 Å². The fraction of sp³-hybridized carbons (Fsp3) is 1.00. The molecule has 0 nitrogen and oxygen atoms in total. The summed E-state index contributed by atoms with van der Waals surface area (Å²) in [4.78, 5) is 0. The lowest BCUT2D eigenvalue weighted by Gasteiger charge is -2.13. The first kappa shape index (κ1) is 9.46. The largest absolute Gasteiger partial charge is 0.468 e. The van der Waals surface area contributed by atoms with E-state index in [0.29, 0.717) is 0 Å². The van der Waals surface area contributed by atoms with Crippen LogP contribution < -0.4 is 0 Å². The van der Waals surface area contributed by atoms with Gasteiger partial charge in [0.15, 0.2) is 0 Å². The molecule has 0 spiro atoms. The zero-order valence-corrected chi connectivity index (χ0v) is 10.00. The maximum Gasteiger partial charge on any atom is 0.468 e. The zero-order chi connectivity index (χ0) is 6.62. The molecule has 0 unspecified atom stereocenters. The van der Waals surface area contributed by atoms with Gasteiger partial charge >= 0.3 is 18.2 Å². The van der Waals surface area contributed by atoms with Crippen molar-refractivity contribution in [1.82, 2.24) is 0 Å². The second-order valence-corrected chi connectivity index (χ2v) is 12.4. The molecule has 0 N–H and O–H groups in total. The van der Waals surface area contributed by atoms with Crippen molar-refractivity contribution in [3.63, 3.8) is 0 Å². The molecule has 0 aromatic heterocycles. The molecular weight excluding hydrogens is 192 g/mol. The molecule has 3 heteroatoms. The fourth-order valence-corrected chi connectivity index (χ4v) is 7.90. The van der Waals surface area contributed by atoms with Crippen molar-refractivity contribution < 1.29 is 0 Å². The first-order valence-electron chi connectivity index (χ1n) is 3.12. The SMILES string of the molecule is C[Si](C)(C)C[CH2][Mg][Br]. The van der Waals surface area contributed by atoms with Crippen LogP contribution in [0.4, 0.5) is 0 Å². The Labute approximate surface area is 69.0 Å². The molecule has 0 aliphatic heterocycles. The molecule has 46 valence electrons. The van der Waals surface area contributed by atoms with Crippen LogP contribution in [0, 0.1) is 0 Å². The maximum absolute atomic E-state index is 3.56. The molecular formula is C5H13BrMgSi. The van der Waals surface area contributed by atoms with Gasteiger partial charge in [0, 0.05) is 8.07 Å². The molecule has 0 aromatic rings. The van der Waals surface area contributed by atoms with Gasteiger partial charge in [0.05, 0.1) is 0 Å². The summed E-state index contributed by atoms with van der Waals surface area (Å²) in [5.74, 6) is 0. The Bertz CT molecular complexity index is 59.9. The predicted molar refractivity (Wildman–Crippen MR) is 47.6 cm³/mol. The van der Waals surface area contributed by atoms with E-state index in [1.807, 2.05) is 0 Å². The molecule has 0 bridgehead atoms. The van der Waals surface area contributed by atoms with Gasteiger partial charge in [-0.2, -0.15) is 0 Å². The molecule has 0 heterocycles. The van der Waals surface area contributed by atoms with Gasteiger partial charge in [-0.25, -0.2) is 0 Å². The van der Waals surface area contributed by atoms with Crippen LogP contribution in [0.1, 0.15) is 0 Å². The Morgan fingerprint density at radius 1 is 1.38 bits per heavy atom. The van der Waals surface area contributed by atoms with E-state index in [2.05, 4.69) is 32.5 Å². The zero-order valence-electron chi connectivity index (χ0n) is 6.00. The number of hydrogen-bond donors (Lipinski definition) is 0. The third-order valence-electron chi connectivity index (χ3n) is 1.06. The normalized spacial score (nSPS) is 11.0. The van der Waals surface area contributed by atoms with Crippen LogP contribution in [0.25, 0.3) is 0 Å². The van der Waals surface area contributed by atoms with E-state index in [1.165, 1.54) is 10.6 Å². The lowest BCUT2D eigenvalue weighted by atomic mass is 10.9. The Hall–Kier alpha value is 1.46. The van der Waals surface area contributed by atoms with Gasteiger partial charge in [0.2, 0.25) is 0 Å². The van der Waals surface area contributed by atoms with Crippen LogP contribution in [-0.2, 0) is 0 Å². The van der Waals surface area contributed by atoms with Crippen LogP contribution in [0.5, 0.6) is 0 Å². The molecule has 0 saturated carbocycles. The predicted octanol–water partition coefficient (Wildman–Crippen LogP) is 2.76. The van der Waals surface area contributed by atoms with Crippen molar-refractivity contribution in [3.8, 4) is 0 Å². The standard InChI is InChI=1S/C5H13Si.BrH.Mg/c1-5-6(2,3)4;;/h1,5H2,2-4H3;1H;/q;;+1/p-1. The van der Waals surface area contributed by atoms with Gasteiger partial charge in [0.25, 0.3) is 0 Å². The second-order valence-electron chi connectivity index (χ2n) is 3.35. The Kier molecular flexibility index (Phi) is 5.09. The molecule has 0 fully saturated rings. The molecule has 0 saturated heterocycles. The average molecular weight is 205 g/mol. The van der Waals surface area contributed by atoms with Gasteiger partial charge in [-0.3, -0.25) is 0 Å². The minimum Gasteiger partial charge on any atom is -0.307 e. The van der Waals surface area contributed by atoms with E-state index in [0.717, 1.165) is 0 Å². The highest BCUT2D eigenvalue weighted by atomic mass is 79.9. The molecule has 8 heavy (non-hydrogen) atoms. The van der Waals surface area contributed by atoms with Crippen molar-refractivity contribution in [2.45, 2.75) is 30.2 Å². The summed E-state index contributed by atoms with van der Waals surface area (Å²) in [5, 5.41) is 0. The number of halogens is 1. The van der Waals surface area contributed by atoms with Gasteiger partial charge in [-0.15, -0.1) is 4.55 Å². The molecule has 0 aliphatic rings. The lowest BCUT2D eigenvalue weighted by molar-refractivity contribution is 1.34. The number of hydrogen-bond acceptors (Lipinski definition) is 0. The summed E-state index contributed by atoms with van der Waals surface area (Å²) in [7, 11) is -0.673. The first-order chi connectivity index (χ1) is 3.56. The molecule has 0 amide bonds. The van der Waals surface area contributed by atoms with Crippen molar-refractivity contribution in [3.05, 3.63) is 0 Å². The quantitative estimate of drug-likeness (QED) is 0.622. The van der Waals surface area contributed by atoms with E-state index < -0.39 is 8.07 Å². The second kappa shape index (κ2) is 4.31. The summed E-state index contributed by atoms with van der Waals surface area (Å²) in [6, 6.07) is 1.52. The lowest BCUT2D eigenvalue weighted by Crippen LogP contribution is -2.18. The van der Waals surface area contributed by atoms with Gasteiger partial charge in [-0.1, -0.05) is 25.7 Å². The minimum atomic E-state index is -0.673. The monoisotopic (exact) mass is 204 g/mol. The fourth-order valence-electron chi connectivity index (χ4n) is 0.597. The summed E-state index contributed by atoms with van der Waals surface area (Å²) >= 11 is 3.74. The highest BCUT2D eigenvalue weighted by Crippen LogP contribution is 2.11. The summed E-state index contributed by atoms with van der Waals surface area (Å²) < 4.78 is 1.50. The maximum atomic E-state index is 3.56. The van der Waals surface area contributed by atoms with Crippen molar-refractivity contribution in [2.24, 2.45) is 0 Å². The van der Waals surface area contributed by atoms with Gasteiger partial charge in [-0.05, 0) is 0 Å². The van der Waals surface area contributed by atoms with Crippen LogP contribution >= 0.6 is 12.9 Å². The molecule has 0 atom stereocenters. The highest BCUT2D eigenvalue weighted by Gasteiger charge is 2.11. The minimum absolute atomic E-state index is 0.181. The van der Waals surface area contributed by atoms with Crippen LogP contribution in [0.3, 0.4) is 0 Å². The van der Waals surface area contributed by atoms with Gasteiger partial charge < -0.3 is 12.9 Å². The first-order valence-corrected chi connectivity index (χ1v) is 11.7. The van der Waals surface area contributed by atoms with E-state index in [1.54, 1.807) is 0 Å². The van der Waals surface area contributed by atoms with Crippen LogP contribution in [0.15, 0.2) is 0 Å². The topological polar surface area (TPSA) is 0 Å². The Morgan fingerprint density at radius 3 is 2.00 bits per heavy atom. The van der Waals surface area contributed by atoms with Gasteiger partial charge in [0.1, 0.15) is 0 Å². The van der Waals surface area contributed by atoms with E-state index in [4.69, 9.17) is 0 Å². The van der Waals surface area contributed by atoms with E-state index in [-0.39, 0.29) is 18.2 Å². The molecule has 0 aliphatic carbocycles. The summed E-state index contributed by atoms with van der Waals surface area (Å²) in [6.07, 6.45) is 0. The highest BCUT2D eigenvalue weighted by molar-refractivity contribution is 9.23. The average Bonchev–Trinajstić information content (AvgIpc) is 1.59. The van der Waals surface area contributed by atoms with Crippen molar-refractivity contribution in [1.29, 1.82) is 0 Å². The summed E-state index contributed by atoms with van der Waals surface area (Å²) in [5.41, 5.74) is 0. The third kappa shape index (κ3) is 7.46. The molecule has 0 aromatic carbocycles. The van der Waals surface area contributed by atoms with Crippen LogP contribution in [0.2, 0.25) is 30.2 Å².